The standard InChI is InChI=1S/C18H19F3N2O/c19-18(20,21)15-6-7-17(23-11-15)24-12-14-10-22-9-8-16(14)13-4-2-1-3-5-13/h1-7,11,14,16,22H,8-10,12H2. The Kier molecular flexibility index (Phi) is 5.04. The van der Waals surface area contributed by atoms with E-state index in [1.165, 1.54) is 11.6 Å². The van der Waals surface area contributed by atoms with E-state index in [-0.39, 0.29) is 11.8 Å². The maximum atomic E-state index is 12.5. The van der Waals surface area contributed by atoms with Gasteiger partial charge in [0.1, 0.15) is 0 Å². The number of benzene rings is 1. The van der Waals surface area contributed by atoms with E-state index in [0.29, 0.717) is 12.5 Å². The number of piperidine rings is 1. The van der Waals surface area contributed by atoms with E-state index in [0.717, 1.165) is 31.8 Å². The van der Waals surface area contributed by atoms with Crippen LogP contribution in [-0.2, 0) is 6.18 Å². The summed E-state index contributed by atoms with van der Waals surface area (Å²) >= 11 is 0. The normalized spacial score (nSPS) is 21.5. The van der Waals surface area contributed by atoms with Crippen molar-refractivity contribution in [2.75, 3.05) is 19.7 Å². The fourth-order valence-corrected chi connectivity index (χ4v) is 3.06. The van der Waals surface area contributed by atoms with E-state index < -0.39 is 11.7 Å². The van der Waals surface area contributed by atoms with Gasteiger partial charge in [-0.3, -0.25) is 0 Å². The summed E-state index contributed by atoms with van der Waals surface area (Å²) in [6.45, 7) is 2.19. The fourth-order valence-electron chi connectivity index (χ4n) is 3.06. The maximum absolute atomic E-state index is 12.5. The quantitative estimate of drug-likeness (QED) is 0.920. The topological polar surface area (TPSA) is 34.1 Å². The molecule has 1 aliphatic heterocycles. The van der Waals surface area contributed by atoms with E-state index in [1.54, 1.807) is 0 Å². The fraction of sp³-hybridized carbons (Fsp3) is 0.389. The smallest absolute Gasteiger partial charge is 0.417 e. The molecule has 1 aromatic carbocycles. The zero-order valence-corrected chi connectivity index (χ0v) is 13.1. The average Bonchev–Trinajstić information content (AvgIpc) is 2.60. The first-order valence-electron chi connectivity index (χ1n) is 7.96. The van der Waals surface area contributed by atoms with Crippen LogP contribution in [0.1, 0.15) is 23.5 Å². The summed E-state index contributed by atoms with van der Waals surface area (Å²) in [6, 6.07) is 12.5. The number of alkyl halides is 3. The highest BCUT2D eigenvalue weighted by atomic mass is 19.4. The third-order valence-corrected chi connectivity index (χ3v) is 4.34. The minimum absolute atomic E-state index is 0.223. The van der Waals surface area contributed by atoms with Crippen molar-refractivity contribution in [1.29, 1.82) is 0 Å². The number of rotatable bonds is 4. The number of halogens is 3. The van der Waals surface area contributed by atoms with Gasteiger partial charge in [-0.15, -0.1) is 0 Å². The van der Waals surface area contributed by atoms with Crippen LogP contribution in [0, 0.1) is 5.92 Å². The number of hydrogen-bond acceptors (Lipinski definition) is 3. The Balaban J connectivity index is 1.64. The molecule has 2 heterocycles. The SMILES string of the molecule is FC(F)(F)c1ccc(OCC2CNCCC2c2ccccc2)nc1. The second kappa shape index (κ2) is 7.21. The molecule has 24 heavy (non-hydrogen) atoms. The molecule has 3 rings (SSSR count). The van der Waals surface area contributed by atoms with E-state index in [1.807, 2.05) is 18.2 Å². The summed E-state index contributed by atoms with van der Waals surface area (Å²) in [7, 11) is 0. The molecule has 3 nitrogen and oxygen atoms in total. The molecule has 0 bridgehead atoms. The lowest BCUT2D eigenvalue weighted by molar-refractivity contribution is -0.137. The minimum atomic E-state index is -4.38. The van der Waals surface area contributed by atoms with E-state index in [4.69, 9.17) is 4.74 Å². The lowest BCUT2D eigenvalue weighted by Gasteiger charge is -2.32. The molecule has 6 heteroatoms. The molecule has 1 saturated heterocycles. The summed E-state index contributed by atoms with van der Waals surface area (Å²) in [5, 5.41) is 3.35. The number of ether oxygens (including phenoxy) is 1. The third kappa shape index (κ3) is 4.06. The molecule has 0 amide bonds. The van der Waals surface area contributed by atoms with Crippen LogP contribution in [0.2, 0.25) is 0 Å². The Bertz CT molecular complexity index is 644. The van der Waals surface area contributed by atoms with Crippen molar-refractivity contribution in [1.82, 2.24) is 10.3 Å². The van der Waals surface area contributed by atoms with Crippen LogP contribution in [0.15, 0.2) is 48.7 Å². The van der Waals surface area contributed by atoms with Crippen LogP contribution in [0.5, 0.6) is 5.88 Å². The highest BCUT2D eigenvalue weighted by Gasteiger charge is 2.31. The monoisotopic (exact) mass is 336 g/mol. The van der Waals surface area contributed by atoms with Crippen molar-refractivity contribution in [2.24, 2.45) is 5.92 Å². The van der Waals surface area contributed by atoms with Crippen LogP contribution in [0.3, 0.4) is 0 Å². The first-order valence-corrected chi connectivity index (χ1v) is 7.96. The van der Waals surface area contributed by atoms with Gasteiger partial charge in [0, 0.05) is 24.7 Å². The molecule has 2 atom stereocenters. The summed E-state index contributed by atoms with van der Waals surface area (Å²) in [5.74, 6) is 0.854. The predicted molar refractivity (Wildman–Crippen MR) is 84.9 cm³/mol. The van der Waals surface area contributed by atoms with Crippen molar-refractivity contribution in [2.45, 2.75) is 18.5 Å². The van der Waals surface area contributed by atoms with Crippen molar-refractivity contribution in [3.8, 4) is 5.88 Å². The second-order valence-electron chi connectivity index (χ2n) is 5.96. The average molecular weight is 336 g/mol. The maximum Gasteiger partial charge on any atom is 0.417 e. The molecule has 0 aliphatic carbocycles. The Morgan fingerprint density at radius 1 is 1.12 bits per heavy atom. The van der Waals surface area contributed by atoms with Crippen LogP contribution < -0.4 is 10.1 Å². The van der Waals surface area contributed by atoms with Gasteiger partial charge in [0.15, 0.2) is 0 Å². The van der Waals surface area contributed by atoms with Gasteiger partial charge in [0.05, 0.1) is 12.2 Å². The molecule has 1 aromatic heterocycles. The number of nitrogens with one attached hydrogen (secondary N) is 1. The highest BCUT2D eigenvalue weighted by Crippen LogP contribution is 2.31. The molecule has 128 valence electrons. The largest absolute Gasteiger partial charge is 0.477 e. The molecular weight excluding hydrogens is 317 g/mol. The lowest BCUT2D eigenvalue weighted by atomic mass is 9.81. The number of pyridine rings is 1. The van der Waals surface area contributed by atoms with Crippen molar-refractivity contribution < 1.29 is 17.9 Å². The van der Waals surface area contributed by atoms with Gasteiger partial charge in [-0.25, -0.2) is 4.98 Å². The van der Waals surface area contributed by atoms with E-state index in [2.05, 4.69) is 22.4 Å². The Hall–Kier alpha value is -2.08. The number of aromatic nitrogens is 1. The van der Waals surface area contributed by atoms with Crippen LogP contribution in [0.4, 0.5) is 13.2 Å². The zero-order valence-electron chi connectivity index (χ0n) is 13.1. The molecular formula is C18H19F3N2O. The Morgan fingerprint density at radius 3 is 2.58 bits per heavy atom. The Labute approximate surface area is 138 Å². The first-order chi connectivity index (χ1) is 11.5. The van der Waals surface area contributed by atoms with Gasteiger partial charge < -0.3 is 10.1 Å². The van der Waals surface area contributed by atoms with Crippen molar-refractivity contribution >= 4 is 0 Å². The molecule has 1 fully saturated rings. The van der Waals surface area contributed by atoms with E-state index in [9.17, 15) is 13.2 Å². The molecule has 1 N–H and O–H groups in total. The van der Waals surface area contributed by atoms with Crippen LogP contribution in [0.25, 0.3) is 0 Å². The summed E-state index contributed by atoms with van der Waals surface area (Å²) in [5.41, 5.74) is 0.504. The highest BCUT2D eigenvalue weighted by molar-refractivity contribution is 5.22. The van der Waals surface area contributed by atoms with Crippen LogP contribution in [-0.4, -0.2) is 24.7 Å². The predicted octanol–water partition coefficient (Wildman–Crippen LogP) is 3.87. The summed E-state index contributed by atoms with van der Waals surface area (Å²) < 4.78 is 43.3. The lowest BCUT2D eigenvalue weighted by Crippen LogP contribution is -2.38. The zero-order chi connectivity index (χ0) is 17.0. The molecule has 0 saturated carbocycles. The van der Waals surface area contributed by atoms with Gasteiger partial charge in [-0.2, -0.15) is 13.2 Å². The Morgan fingerprint density at radius 2 is 1.92 bits per heavy atom. The molecule has 2 unspecified atom stereocenters. The first kappa shape index (κ1) is 16.8. The van der Waals surface area contributed by atoms with Gasteiger partial charge in [0.2, 0.25) is 5.88 Å². The van der Waals surface area contributed by atoms with Gasteiger partial charge in [-0.1, -0.05) is 30.3 Å². The van der Waals surface area contributed by atoms with Crippen molar-refractivity contribution in [3.63, 3.8) is 0 Å². The van der Waals surface area contributed by atoms with Gasteiger partial charge in [-0.05, 0) is 30.5 Å². The minimum Gasteiger partial charge on any atom is -0.477 e. The summed E-state index contributed by atoms with van der Waals surface area (Å²) in [6.07, 6.45) is -2.56. The molecule has 0 radical (unpaired) electrons. The second-order valence-corrected chi connectivity index (χ2v) is 5.96. The summed E-state index contributed by atoms with van der Waals surface area (Å²) in [4.78, 5) is 3.76. The number of nitrogens with zero attached hydrogens (tertiary/aromatic N) is 1. The van der Waals surface area contributed by atoms with E-state index >= 15 is 0 Å². The van der Waals surface area contributed by atoms with Gasteiger partial charge >= 0.3 is 6.18 Å². The molecule has 2 aromatic rings. The van der Waals surface area contributed by atoms with Crippen molar-refractivity contribution in [3.05, 3.63) is 59.8 Å². The van der Waals surface area contributed by atoms with Crippen LogP contribution >= 0.6 is 0 Å². The molecule has 1 aliphatic rings. The van der Waals surface area contributed by atoms with Gasteiger partial charge in [0.25, 0.3) is 0 Å². The number of hydrogen-bond donors (Lipinski definition) is 1. The molecule has 0 spiro atoms. The third-order valence-electron chi connectivity index (χ3n) is 4.34.